The first-order valence-corrected chi connectivity index (χ1v) is 6.17. The summed E-state index contributed by atoms with van der Waals surface area (Å²) in [4.78, 5) is 0. The van der Waals surface area contributed by atoms with E-state index in [9.17, 15) is 0 Å². The first kappa shape index (κ1) is 12.4. The van der Waals surface area contributed by atoms with Crippen LogP contribution in [0.15, 0.2) is 24.4 Å². The molecule has 0 radical (unpaired) electrons. The van der Waals surface area contributed by atoms with E-state index in [2.05, 4.69) is 22.4 Å². The number of aromatic amines is 1. The van der Waals surface area contributed by atoms with Crippen molar-refractivity contribution < 1.29 is 0 Å². The number of rotatable bonds is 4. The molecule has 2 N–H and O–H groups in total. The standard InChI is InChI=1S/C12H13Cl2N3/c1-2-15-6-8-7-16-17-12(8)9-4-3-5-10(13)11(9)14/h3-5,7,15H,2,6H2,1H3,(H,16,17). The van der Waals surface area contributed by atoms with Gasteiger partial charge in [-0.1, -0.05) is 42.3 Å². The van der Waals surface area contributed by atoms with Gasteiger partial charge < -0.3 is 5.32 Å². The van der Waals surface area contributed by atoms with Crippen LogP contribution in [0.5, 0.6) is 0 Å². The number of nitrogens with zero attached hydrogens (tertiary/aromatic N) is 1. The van der Waals surface area contributed by atoms with Crippen LogP contribution < -0.4 is 5.32 Å². The summed E-state index contributed by atoms with van der Waals surface area (Å²) in [5.41, 5.74) is 2.87. The Kier molecular flexibility index (Phi) is 4.05. The topological polar surface area (TPSA) is 40.7 Å². The molecular weight excluding hydrogens is 257 g/mol. The highest BCUT2D eigenvalue weighted by molar-refractivity contribution is 6.43. The van der Waals surface area contributed by atoms with E-state index in [1.807, 2.05) is 12.1 Å². The molecule has 5 heteroatoms. The maximum atomic E-state index is 6.19. The van der Waals surface area contributed by atoms with Crippen molar-refractivity contribution in [1.29, 1.82) is 0 Å². The van der Waals surface area contributed by atoms with Crippen LogP contribution in [0.4, 0.5) is 0 Å². The molecule has 90 valence electrons. The molecule has 0 saturated carbocycles. The van der Waals surface area contributed by atoms with Crippen LogP contribution >= 0.6 is 23.2 Å². The van der Waals surface area contributed by atoms with Crippen LogP contribution in [-0.2, 0) is 6.54 Å². The van der Waals surface area contributed by atoms with E-state index in [-0.39, 0.29) is 0 Å². The van der Waals surface area contributed by atoms with E-state index >= 15 is 0 Å². The largest absolute Gasteiger partial charge is 0.313 e. The van der Waals surface area contributed by atoms with Crippen LogP contribution in [0, 0.1) is 0 Å². The predicted octanol–water partition coefficient (Wildman–Crippen LogP) is 3.49. The average Bonchev–Trinajstić information content (AvgIpc) is 2.78. The summed E-state index contributed by atoms with van der Waals surface area (Å²) in [7, 11) is 0. The molecule has 0 bridgehead atoms. The zero-order valence-electron chi connectivity index (χ0n) is 9.43. The molecule has 3 nitrogen and oxygen atoms in total. The van der Waals surface area contributed by atoms with Crippen LogP contribution in [0.1, 0.15) is 12.5 Å². The van der Waals surface area contributed by atoms with Gasteiger partial charge in [-0.25, -0.2) is 0 Å². The summed E-state index contributed by atoms with van der Waals surface area (Å²) < 4.78 is 0. The Balaban J connectivity index is 2.39. The number of halogens is 2. The number of H-pyrrole nitrogens is 1. The van der Waals surface area contributed by atoms with Gasteiger partial charge in [-0.15, -0.1) is 0 Å². The Labute approximate surface area is 110 Å². The fourth-order valence-electron chi connectivity index (χ4n) is 1.63. The van der Waals surface area contributed by atoms with E-state index in [0.29, 0.717) is 10.0 Å². The predicted molar refractivity (Wildman–Crippen MR) is 71.4 cm³/mol. The molecule has 0 spiro atoms. The number of hydrogen-bond acceptors (Lipinski definition) is 2. The van der Waals surface area contributed by atoms with Crippen molar-refractivity contribution in [3.05, 3.63) is 40.0 Å². The maximum Gasteiger partial charge on any atom is 0.0710 e. The molecular formula is C12H13Cl2N3. The van der Waals surface area contributed by atoms with Gasteiger partial charge >= 0.3 is 0 Å². The second-order valence-corrected chi connectivity index (χ2v) is 4.44. The third-order valence-corrected chi connectivity index (χ3v) is 3.32. The van der Waals surface area contributed by atoms with Crippen molar-refractivity contribution in [3.8, 4) is 11.3 Å². The average molecular weight is 270 g/mol. The van der Waals surface area contributed by atoms with E-state index in [0.717, 1.165) is 29.9 Å². The lowest BCUT2D eigenvalue weighted by atomic mass is 10.1. The van der Waals surface area contributed by atoms with E-state index in [1.165, 1.54) is 0 Å². The van der Waals surface area contributed by atoms with E-state index < -0.39 is 0 Å². The molecule has 2 aromatic rings. The Bertz CT molecular complexity index is 508. The Morgan fingerprint density at radius 3 is 2.94 bits per heavy atom. The van der Waals surface area contributed by atoms with Crippen molar-refractivity contribution in [2.75, 3.05) is 6.54 Å². The SMILES string of the molecule is CCNCc1cn[nH]c1-c1cccc(Cl)c1Cl. The van der Waals surface area contributed by atoms with Crippen LogP contribution in [0.3, 0.4) is 0 Å². The van der Waals surface area contributed by atoms with Crippen molar-refractivity contribution >= 4 is 23.2 Å². The lowest BCUT2D eigenvalue weighted by Crippen LogP contribution is -2.11. The molecule has 17 heavy (non-hydrogen) atoms. The first-order valence-electron chi connectivity index (χ1n) is 5.41. The molecule has 0 amide bonds. The fraction of sp³-hybridized carbons (Fsp3) is 0.250. The molecule has 1 aromatic carbocycles. The van der Waals surface area contributed by atoms with Gasteiger partial charge in [0.1, 0.15) is 0 Å². The molecule has 0 aliphatic rings. The lowest BCUT2D eigenvalue weighted by Gasteiger charge is -2.06. The van der Waals surface area contributed by atoms with Crippen LogP contribution in [-0.4, -0.2) is 16.7 Å². The molecule has 1 heterocycles. The fourth-order valence-corrected chi connectivity index (χ4v) is 2.03. The van der Waals surface area contributed by atoms with Crippen LogP contribution in [0.2, 0.25) is 10.0 Å². The molecule has 0 aliphatic heterocycles. The van der Waals surface area contributed by atoms with Crippen LogP contribution in [0.25, 0.3) is 11.3 Å². The Hall–Kier alpha value is -1.03. The minimum atomic E-state index is 0.549. The Morgan fingerprint density at radius 1 is 1.35 bits per heavy atom. The second kappa shape index (κ2) is 5.54. The van der Waals surface area contributed by atoms with E-state index in [1.54, 1.807) is 12.3 Å². The number of hydrogen-bond donors (Lipinski definition) is 2. The van der Waals surface area contributed by atoms with Gasteiger partial charge in [0.15, 0.2) is 0 Å². The molecule has 0 saturated heterocycles. The summed E-state index contributed by atoms with van der Waals surface area (Å²) in [6.07, 6.45) is 1.80. The maximum absolute atomic E-state index is 6.19. The van der Waals surface area contributed by atoms with Gasteiger partial charge in [0.25, 0.3) is 0 Å². The molecule has 0 unspecified atom stereocenters. The zero-order chi connectivity index (χ0) is 12.3. The normalized spacial score (nSPS) is 10.8. The number of benzene rings is 1. The number of nitrogens with one attached hydrogen (secondary N) is 2. The summed E-state index contributed by atoms with van der Waals surface area (Å²) in [5, 5.41) is 11.4. The summed E-state index contributed by atoms with van der Waals surface area (Å²) in [5.74, 6) is 0. The summed E-state index contributed by atoms with van der Waals surface area (Å²) in [6, 6.07) is 5.58. The van der Waals surface area contributed by atoms with Gasteiger partial charge in [-0.3, -0.25) is 5.10 Å². The lowest BCUT2D eigenvalue weighted by molar-refractivity contribution is 0.728. The third kappa shape index (κ3) is 2.63. The van der Waals surface area contributed by atoms with Gasteiger partial charge in [0, 0.05) is 17.7 Å². The highest BCUT2D eigenvalue weighted by Gasteiger charge is 2.12. The summed E-state index contributed by atoms with van der Waals surface area (Å²) in [6.45, 7) is 3.73. The third-order valence-electron chi connectivity index (χ3n) is 2.50. The zero-order valence-corrected chi connectivity index (χ0v) is 10.9. The highest BCUT2D eigenvalue weighted by Crippen LogP contribution is 2.33. The molecule has 1 aromatic heterocycles. The van der Waals surface area contributed by atoms with Crippen molar-refractivity contribution in [3.63, 3.8) is 0 Å². The molecule has 0 fully saturated rings. The molecule has 2 rings (SSSR count). The second-order valence-electron chi connectivity index (χ2n) is 3.65. The minimum Gasteiger partial charge on any atom is -0.313 e. The van der Waals surface area contributed by atoms with Crippen molar-refractivity contribution in [1.82, 2.24) is 15.5 Å². The summed E-state index contributed by atoms with van der Waals surface area (Å²) >= 11 is 12.2. The van der Waals surface area contributed by atoms with Gasteiger partial charge in [-0.05, 0) is 12.6 Å². The minimum absolute atomic E-state index is 0.549. The van der Waals surface area contributed by atoms with Gasteiger partial charge in [0.05, 0.1) is 21.9 Å². The molecule has 0 atom stereocenters. The van der Waals surface area contributed by atoms with E-state index in [4.69, 9.17) is 23.2 Å². The first-order chi connectivity index (χ1) is 8.24. The number of aromatic nitrogens is 2. The van der Waals surface area contributed by atoms with Gasteiger partial charge in [-0.2, -0.15) is 5.10 Å². The van der Waals surface area contributed by atoms with Crippen molar-refractivity contribution in [2.45, 2.75) is 13.5 Å². The molecule has 0 aliphatic carbocycles. The van der Waals surface area contributed by atoms with Gasteiger partial charge in [0.2, 0.25) is 0 Å². The quantitative estimate of drug-likeness (QED) is 0.892. The van der Waals surface area contributed by atoms with Crippen molar-refractivity contribution in [2.24, 2.45) is 0 Å². The smallest absolute Gasteiger partial charge is 0.0710 e. The monoisotopic (exact) mass is 269 g/mol. The highest BCUT2D eigenvalue weighted by atomic mass is 35.5. The Morgan fingerprint density at radius 2 is 2.18 bits per heavy atom.